The summed E-state index contributed by atoms with van der Waals surface area (Å²) in [6, 6.07) is 6.11. The van der Waals surface area contributed by atoms with Crippen LogP contribution in [0.3, 0.4) is 0 Å². The monoisotopic (exact) mass is 194 g/mol. The van der Waals surface area contributed by atoms with E-state index < -0.39 is 0 Å². The summed E-state index contributed by atoms with van der Waals surface area (Å²) < 4.78 is 0. The van der Waals surface area contributed by atoms with Crippen molar-refractivity contribution in [3.8, 4) is 0 Å². The second-order valence-electron chi connectivity index (χ2n) is 3.76. The van der Waals surface area contributed by atoms with Gasteiger partial charge >= 0.3 is 0 Å². The lowest BCUT2D eigenvalue weighted by atomic mass is 10.1. The van der Waals surface area contributed by atoms with Gasteiger partial charge < -0.3 is 10.4 Å². The molecule has 3 heteroatoms. The number of pyridine rings is 1. The maximum Gasteiger partial charge on any atom is 0.126 e. The van der Waals surface area contributed by atoms with E-state index in [4.69, 9.17) is 5.11 Å². The van der Waals surface area contributed by atoms with Crippen molar-refractivity contribution in [2.24, 2.45) is 5.92 Å². The summed E-state index contributed by atoms with van der Waals surface area (Å²) in [4.78, 5) is 4.34. The van der Waals surface area contributed by atoms with Crippen molar-refractivity contribution in [1.82, 2.24) is 4.98 Å². The zero-order valence-corrected chi connectivity index (χ0v) is 8.99. The van der Waals surface area contributed by atoms with Crippen LogP contribution in [-0.2, 0) is 0 Å². The van der Waals surface area contributed by atoms with Crippen molar-refractivity contribution in [2.45, 2.75) is 26.8 Å². The molecule has 0 aromatic carbocycles. The Bertz CT molecular complexity index is 288. The Kier molecular flexibility index (Phi) is 3.89. The van der Waals surface area contributed by atoms with Gasteiger partial charge in [0.25, 0.3) is 0 Å². The maximum atomic E-state index is 8.98. The molecule has 1 aromatic heterocycles. The average molecular weight is 194 g/mol. The van der Waals surface area contributed by atoms with Crippen LogP contribution in [0, 0.1) is 12.8 Å². The van der Waals surface area contributed by atoms with Gasteiger partial charge in [-0.2, -0.15) is 0 Å². The summed E-state index contributed by atoms with van der Waals surface area (Å²) in [5, 5.41) is 12.2. The first-order chi connectivity index (χ1) is 6.63. The predicted octanol–water partition coefficient (Wildman–Crippen LogP) is 1.82. The van der Waals surface area contributed by atoms with Gasteiger partial charge in [0.1, 0.15) is 5.82 Å². The second kappa shape index (κ2) is 4.96. The highest BCUT2D eigenvalue weighted by molar-refractivity contribution is 5.36. The molecule has 0 fully saturated rings. The van der Waals surface area contributed by atoms with Gasteiger partial charge in [0.15, 0.2) is 0 Å². The molecule has 0 spiro atoms. The van der Waals surface area contributed by atoms with Crippen LogP contribution in [0.25, 0.3) is 0 Å². The van der Waals surface area contributed by atoms with Crippen LogP contribution in [0.5, 0.6) is 0 Å². The van der Waals surface area contributed by atoms with Gasteiger partial charge in [-0.1, -0.05) is 13.0 Å². The van der Waals surface area contributed by atoms with Gasteiger partial charge in [-0.3, -0.25) is 0 Å². The third-order valence-corrected chi connectivity index (χ3v) is 2.41. The Morgan fingerprint density at radius 3 is 2.71 bits per heavy atom. The van der Waals surface area contributed by atoms with Crippen LogP contribution < -0.4 is 5.32 Å². The predicted molar refractivity (Wildman–Crippen MR) is 58.3 cm³/mol. The van der Waals surface area contributed by atoms with Gasteiger partial charge in [-0.15, -0.1) is 0 Å². The number of hydrogen-bond acceptors (Lipinski definition) is 3. The van der Waals surface area contributed by atoms with Crippen molar-refractivity contribution >= 4 is 5.82 Å². The first-order valence-corrected chi connectivity index (χ1v) is 4.94. The largest absolute Gasteiger partial charge is 0.396 e. The maximum absolute atomic E-state index is 8.98. The SMILES string of the molecule is Cc1cccc(NC(C)C(C)CO)n1. The van der Waals surface area contributed by atoms with Gasteiger partial charge in [0.05, 0.1) is 0 Å². The second-order valence-corrected chi connectivity index (χ2v) is 3.76. The van der Waals surface area contributed by atoms with Gasteiger partial charge in [0.2, 0.25) is 0 Å². The molecule has 2 N–H and O–H groups in total. The van der Waals surface area contributed by atoms with Gasteiger partial charge in [-0.05, 0) is 31.9 Å². The fourth-order valence-electron chi connectivity index (χ4n) is 1.16. The summed E-state index contributed by atoms with van der Waals surface area (Å²) >= 11 is 0. The third kappa shape index (κ3) is 3.00. The molecule has 0 saturated heterocycles. The number of aliphatic hydroxyl groups is 1. The molecular weight excluding hydrogens is 176 g/mol. The van der Waals surface area contributed by atoms with Crippen LogP contribution in [0.2, 0.25) is 0 Å². The molecule has 2 atom stereocenters. The molecule has 1 aromatic rings. The molecule has 3 nitrogen and oxygen atoms in total. The minimum Gasteiger partial charge on any atom is -0.396 e. The number of hydrogen-bond donors (Lipinski definition) is 2. The van der Waals surface area contributed by atoms with Crippen LogP contribution in [0.4, 0.5) is 5.82 Å². The van der Waals surface area contributed by atoms with E-state index in [9.17, 15) is 0 Å². The lowest BCUT2D eigenvalue weighted by Gasteiger charge is -2.19. The lowest BCUT2D eigenvalue weighted by molar-refractivity contribution is 0.226. The highest BCUT2D eigenvalue weighted by Gasteiger charge is 2.10. The lowest BCUT2D eigenvalue weighted by Crippen LogP contribution is -2.26. The highest BCUT2D eigenvalue weighted by atomic mass is 16.3. The van der Waals surface area contributed by atoms with Crippen LogP contribution in [0.1, 0.15) is 19.5 Å². The van der Waals surface area contributed by atoms with E-state index in [0.717, 1.165) is 11.5 Å². The topological polar surface area (TPSA) is 45.1 Å². The minimum absolute atomic E-state index is 0.194. The Labute approximate surface area is 85.2 Å². The van der Waals surface area contributed by atoms with Crippen molar-refractivity contribution in [2.75, 3.05) is 11.9 Å². The minimum atomic E-state index is 0.194. The molecule has 0 amide bonds. The number of nitrogens with one attached hydrogen (secondary N) is 1. The van der Waals surface area contributed by atoms with E-state index in [0.29, 0.717) is 0 Å². The van der Waals surface area contributed by atoms with Crippen molar-refractivity contribution in [3.63, 3.8) is 0 Å². The highest BCUT2D eigenvalue weighted by Crippen LogP contribution is 2.10. The summed E-state index contributed by atoms with van der Waals surface area (Å²) in [5.74, 6) is 1.11. The normalized spacial score (nSPS) is 14.9. The zero-order valence-electron chi connectivity index (χ0n) is 8.99. The Morgan fingerprint density at radius 2 is 2.14 bits per heavy atom. The van der Waals surface area contributed by atoms with E-state index in [1.807, 2.05) is 39.0 Å². The fourth-order valence-corrected chi connectivity index (χ4v) is 1.16. The quantitative estimate of drug-likeness (QED) is 0.768. The molecule has 0 aliphatic heterocycles. The number of anilines is 1. The van der Waals surface area contributed by atoms with E-state index in [1.54, 1.807) is 0 Å². The molecule has 0 bridgehead atoms. The van der Waals surface area contributed by atoms with Crippen LogP contribution in [-0.4, -0.2) is 22.7 Å². The molecule has 1 heterocycles. The van der Waals surface area contributed by atoms with E-state index >= 15 is 0 Å². The number of aliphatic hydroxyl groups excluding tert-OH is 1. The Hall–Kier alpha value is -1.09. The van der Waals surface area contributed by atoms with E-state index in [-0.39, 0.29) is 18.6 Å². The van der Waals surface area contributed by atoms with Crippen LogP contribution >= 0.6 is 0 Å². The third-order valence-electron chi connectivity index (χ3n) is 2.41. The summed E-state index contributed by atoms with van der Waals surface area (Å²) in [7, 11) is 0. The molecule has 1 rings (SSSR count). The molecule has 0 saturated carbocycles. The number of rotatable bonds is 4. The van der Waals surface area contributed by atoms with Crippen molar-refractivity contribution < 1.29 is 5.11 Å². The summed E-state index contributed by atoms with van der Waals surface area (Å²) in [6.45, 7) is 6.21. The smallest absolute Gasteiger partial charge is 0.126 e. The molecule has 78 valence electrons. The average Bonchev–Trinajstić information content (AvgIpc) is 2.16. The number of nitrogens with zero attached hydrogens (tertiary/aromatic N) is 1. The van der Waals surface area contributed by atoms with E-state index in [1.165, 1.54) is 0 Å². The molecule has 0 aliphatic carbocycles. The molecule has 0 radical (unpaired) electrons. The van der Waals surface area contributed by atoms with E-state index in [2.05, 4.69) is 10.3 Å². The standard InChI is InChI=1S/C11H18N2O/c1-8(7-14)10(3)13-11-6-4-5-9(2)12-11/h4-6,8,10,14H,7H2,1-3H3,(H,12,13). The summed E-state index contributed by atoms with van der Waals surface area (Å²) in [5.41, 5.74) is 0.999. The molecule has 14 heavy (non-hydrogen) atoms. The first kappa shape index (κ1) is 11.0. The number of aryl methyl sites for hydroxylation is 1. The molecule has 0 aliphatic rings. The Balaban J connectivity index is 2.60. The van der Waals surface area contributed by atoms with Gasteiger partial charge in [-0.25, -0.2) is 4.98 Å². The zero-order chi connectivity index (χ0) is 10.6. The molecule has 2 unspecified atom stereocenters. The molecular formula is C11H18N2O. The first-order valence-electron chi connectivity index (χ1n) is 4.94. The van der Waals surface area contributed by atoms with Gasteiger partial charge in [0, 0.05) is 18.3 Å². The number of aromatic nitrogens is 1. The van der Waals surface area contributed by atoms with Crippen molar-refractivity contribution in [3.05, 3.63) is 23.9 Å². The van der Waals surface area contributed by atoms with Crippen molar-refractivity contribution in [1.29, 1.82) is 0 Å². The fraction of sp³-hybridized carbons (Fsp3) is 0.545. The van der Waals surface area contributed by atoms with Crippen LogP contribution in [0.15, 0.2) is 18.2 Å². The Morgan fingerprint density at radius 1 is 1.43 bits per heavy atom. The summed E-state index contributed by atoms with van der Waals surface area (Å²) in [6.07, 6.45) is 0.